The number of aromatic hydroxyl groups is 1. The fourth-order valence-corrected chi connectivity index (χ4v) is 2.66. The molecule has 0 bridgehead atoms. The van der Waals surface area contributed by atoms with E-state index in [2.05, 4.69) is 20.5 Å². The Morgan fingerprint density at radius 2 is 1.96 bits per heavy atom. The van der Waals surface area contributed by atoms with Gasteiger partial charge in [-0.25, -0.2) is 0 Å². The number of carbonyl (C=O) groups is 1. The molecule has 0 saturated heterocycles. The zero-order valence-corrected chi connectivity index (χ0v) is 14.0. The minimum Gasteiger partial charge on any atom is -0.493 e. The summed E-state index contributed by atoms with van der Waals surface area (Å²) in [6.07, 6.45) is 0. The third-order valence-corrected chi connectivity index (χ3v) is 3.78. The molecular weight excluding hydrogens is 351 g/mol. The van der Waals surface area contributed by atoms with E-state index in [0.717, 1.165) is 0 Å². The zero-order valence-electron chi connectivity index (χ0n) is 12.5. The number of carbonyl (C=O) groups excluding carboxylic acids is 1. The number of anilines is 1. The number of azo groups is 1. The number of hydrogen-bond donors (Lipinski definition) is 3. The van der Waals surface area contributed by atoms with Gasteiger partial charge in [0.15, 0.2) is 5.69 Å². The van der Waals surface area contributed by atoms with Crippen molar-refractivity contribution in [2.75, 3.05) is 5.32 Å². The average molecular weight is 363 g/mol. The summed E-state index contributed by atoms with van der Waals surface area (Å²) < 4.78 is 0. The number of rotatable bonds is 3. The lowest BCUT2D eigenvalue weighted by Gasteiger charge is -2.01. The second-order valence-electron chi connectivity index (χ2n) is 5.06. The molecule has 122 valence electrons. The topological polar surface area (TPSA) is 89.8 Å². The van der Waals surface area contributed by atoms with Gasteiger partial charge < -0.3 is 15.4 Å². The molecule has 0 aliphatic heterocycles. The van der Waals surface area contributed by atoms with Gasteiger partial charge in [-0.05, 0) is 36.4 Å². The number of hydrogen-bond acceptors (Lipinski definition) is 4. The second kappa shape index (κ2) is 6.51. The number of H-pyrrole nitrogens is 1. The highest BCUT2D eigenvalue weighted by atomic mass is 35.5. The van der Waals surface area contributed by atoms with Gasteiger partial charge in [0.05, 0.1) is 10.5 Å². The molecule has 8 heteroatoms. The Balaban J connectivity index is 2.03. The second-order valence-corrected chi connectivity index (χ2v) is 5.90. The summed E-state index contributed by atoms with van der Waals surface area (Å²) in [6, 6.07) is 9.98. The van der Waals surface area contributed by atoms with E-state index in [4.69, 9.17) is 23.2 Å². The van der Waals surface area contributed by atoms with Crippen molar-refractivity contribution in [3.8, 4) is 5.88 Å². The molecule has 1 aromatic heterocycles. The van der Waals surface area contributed by atoms with Crippen molar-refractivity contribution in [1.82, 2.24) is 4.98 Å². The van der Waals surface area contributed by atoms with Crippen molar-refractivity contribution in [3.63, 3.8) is 0 Å². The Morgan fingerprint density at radius 3 is 2.67 bits per heavy atom. The molecule has 0 saturated carbocycles. The number of aromatic amines is 1. The van der Waals surface area contributed by atoms with Crippen molar-refractivity contribution in [2.24, 2.45) is 10.2 Å². The number of fused-ring (bicyclic) bond motifs is 1. The molecule has 24 heavy (non-hydrogen) atoms. The first-order chi connectivity index (χ1) is 11.4. The maximum Gasteiger partial charge on any atom is 0.221 e. The monoisotopic (exact) mass is 362 g/mol. The molecule has 0 fully saturated rings. The van der Waals surface area contributed by atoms with Crippen LogP contribution in [0.15, 0.2) is 46.6 Å². The van der Waals surface area contributed by atoms with E-state index >= 15 is 0 Å². The van der Waals surface area contributed by atoms with Crippen LogP contribution in [0.1, 0.15) is 6.92 Å². The van der Waals surface area contributed by atoms with Gasteiger partial charge in [0.25, 0.3) is 0 Å². The lowest BCUT2D eigenvalue weighted by molar-refractivity contribution is -0.114. The lowest BCUT2D eigenvalue weighted by atomic mass is 10.2. The molecule has 6 nitrogen and oxygen atoms in total. The highest BCUT2D eigenvalue weighted by Gasteiger charge is 2.12. The molecule has 3 N–H and O–H groups in total. The van der Waals surface area contributed by atoms with Crippen LogP contribution in [-0.2, 0) is 4.79 Å². The molecule has 0 atom stereocenters. The lowest BCUT2D eigenvalue weighted by Crippen LogP contribution is -2.05. The average Bonchev–Trinajstić information content (AvgIpc) is 2.81. The van der Waals surface area contributed by atoms with Gasteiger partial charge in [0.2, 0.25) is 11.8 Å². The van der Waals surface area contributed by atoms with Gasteiger partial charge in [-0.2, -0.15) is 0 Å². The minimum atomic E-state index is -0.190. The van der Waals surface area contributed by atoms with Gasteiger partial charge >= 0.3 is 0 Å². The van der Waals surface area contributed by atoms with Gasteiger partial charge in [-0.15, -0.1) is 10.2 Å². The molecule has 0 aliphatic rings. The number of amides is 1. The largest absolute Gasteiger partial charge is 0.493 e. The number of nitrogens with one attached hydrogen (secondary N) is 2. The van der Waals surface area contributed by atoms with Crippen LogP contribution in [0.4, 0.5) is 17.1 Å². The van der Waals surface area contributed by atoms with Crippen molar-refractivity contribution >= 4 is 57.1 Å². The summed E-state index contributed by atoms with van der Waals surface area (Å²) >= 11 is 11.9. The molecule has 0 aliphatic carbocycles. The van der Waals surface area contributed by atoms with E-state index in [1.54, 1.807) is 36.4 Å². The third kappa shape index (κ3) is 3.34. The molecule has 0 radical (unpaired) electrons. The van der Waals surface area contributed by atoms with E-state index < -0.39 is 0 Å². The van der Waals surface area contributed by atoms with E-state index in [9.17, 15) is 9.90 Å². The highest BCUT2D eigenvalue weighted by molar-refractivity contribution is 6.36. The highest BCUT2D eigenvalue weighted by Crippen LogP contribution is 2.38. The van der Waals surface area contributed by atoms with Crippen LogP contribution in [0.5, 0.6) is 5.88 Å². The summed E-state index contributed by atoms with van der Waals surface area (Å²) in [5, 5.41) is 22.3. The van der Waals surface area contributed by atoms with Crippen LogP contribution in [0.2, 0.25) is 10.0 Å². The standard InChI is InChI=1S/C16H12Cl2N4O2/c1-8(23)19-10-3-5-13-11(7-10)15(16(24)20-13)22-21-14-4-2-9(17)6-12(14)18/h2-7,20,24H,1H3,(H,19,23). The van der Waals surface area contributed by atoms with Gasteiger partial charge in [-0.3, -0.25) is 4.79 Å². The van der Waals surface area contributed by atoms with Gasteiger partial charge in [0, 0.05) is 23.0 Å². The van der Waals surface area contributed by atoms with Gasteiger partial charge in [0.1, 0.15) is 5.69 Å². The van der Waals surface area contributed by atoms with Crippen molar-refractivity contribution < 1.29 is 9.90 Å². The molecule has 1 heterocycles. The van der Waals surface area contributed by atoms with Crippen LogP contribution in [0.25, 0.3) is 10.9 Å². The normalized spacial score (nSPS) is 11.3. The molecular formula is C16H12Cl2N4O2. The van der Waals surface area contributed by atoms with Crippen molar-refractivity contribution in [2.45, 2.75) is 6.92 Å². The predicted molar refractivity (Wildman–Crippen MR) is 94.9 cm³/mol. The number of benzene rings is 2. The smallest absolute Gasteiger partial charge is 0.221 e. The number of nitrogens with zero attached hydrogens (tertiary/aromatic N) is 2. The summed E-state index contributed by atoms with van der Waals surface area (Å²) in [6.45, 7) is 1.42. The first kappa shape index (κ1) is 16.3. The van der Waals surface area contributed by atoms with E-state index in [1.165, 1.54) is 6.92 Å². The quantitative estimate of drug-likeness (QED) is 0.532. The summed E-state index contributed by atoms with van der Waals surface area (Å²) in [7, 11) is 0. The van der Waals surface area contributed by atoms with E-state index in [-0.39, 0.29) is 17.5 Å². The van der Waals surface area contributed by atoms with E-state index in [0.29, 0.717) is 32.3 Å². The Labute approximate surface area is 147 Å². The number of halogens is 2. The van der Waals surface area contributed by atoms with E-state index in [1.807, 2.05) is 0 Å². The summed E-state index contributed by atoms with van der Waals surface area (Å²) in [5.41, 5.74) is 1.93. The minimum absolute atomic E-state index is 0.126. The third-order valence-electron chi connectivity index (χ3n) is 3.24. The van der Waals surface area contributed by atoms with Gasteiger partial charge in [-0.1, -0.05) is 23.2 Å². The Kier molecular flexibility index (Phi) is 4.42. The maximum absolute atomic E-state index is 11.2. The first-order valence-electron chi connectivity index (χ1n) is 6.93. The molecule has 1 amide bonds. The molecule has 2 aromatic carbocycles. The zero-order chi connectivity index (χ0) is 17.3. The van der Waals surface area contributed by atoms with Crippen LogP contribution in [0.3, 0.4) is 0 Å². The first-order valence-corrected chi connectivity index (χ1v) is 7.68. The molecule has 0 unspecified atom stereocenters. The maximum atomic E-state index is 11.2. The van der Waals surface area contributed by atoms with Crippen molar-refractivity contribution in [3.05, 3.63) is 46.4 Å². The Morgan fingerprint density at radius 1 is 1.17 bits per heavy atom. The molecule has 0 spiro atoms. The Bertz CT molecular complexity index is 966. The Hall–Kier alpha value is -2.57. The van der Waals surface area contributed by atoms with Crippen LogP contribution >= 0.6 is 23.2 Å². The molecule has 3 rings (SSSR count). The summed E-state index contributed by atoms with van der Waals surface area (Å²) in [4.78, 5) is 14.0. The fraction of sp³-hybridized carbons (Fsp3) is 0.0625. The summed E-state index contributed by atoms with van der Waals surface area (Å²) in [5.74, 6) is -0.316. The molecule has 3 aromatic rings. The SMILES string of the molecule is CC(=O)Nc1ccc2[nH]c(O)c(N=Nc3ccc(Cl)cc3Cl)c2c1. The number of aromatic nitrogens is 1. The van der Waals surface area contributed by atoms with Crippen LogP contribution in [-0.4, -0.2) is 16.0 Å². The van der Waals surface area contributed by atoms with Crippen molar-refractivity contribution in [1.29, 1.82) is 0 Å². The van der Waals surface area contributed by atoms with Crippen LogP contribution in [0, 0.1) is 0 Å². The van der Waals surface area contributed by atoms with Crippen LogP contribution < -0.4 is 5.32 Å². The predicted octanol–water partition coefficient (Wildman–Crippen LogP) is 5.55. The fourth-order valence-electron chi connectivity index (χ4n) is 2.21.